The van der Waals surface area contributed by atoms with Gasteiger partial charge in [-0.2, -0.15) is 0 Å². The molecular formula is C18H20Cl2N2O. The molecule has 0 unspecified atom stereocenters. The van der Waals surface area contributed by atoms with Crippen molar-refractivity contribution in [1.82, 2.24) is 4.90 Å². The maximum absolute atomic E-state index is 12.4. The summed E-state index contributed by atoms with van der Waals surface area (Å²) >= 11 is 12.3. The third kappa shape index (κ3) is 4.96. The Kier molecular flexibility index (Phi) is 6.05. The zero-order valence-electron chi connectivity index (χ0n) is 13.5. The van der Waals surface area contributed by atoms with Gasteiger partial charge in [-0.25, -0.2) is 0 Å². The molecule has 0 bridgehead atoms. The van der Waals surface area contributed by atoms with Gasteiger partial charge in [0.05, 0.1) is 6.42 Å². The fraction of sp³-hybridized carbons (Fsp3) is 0.278. The molecule has 0 atom stereocenters. The highest BCUT2D eigenvalue weighted by Gasteiger charge is 2.13. The van der Waals surface area contributed by atoms with Crippen LogP contribution in [0.3, 0.4) is 0 Å². The molecule has 5 heteroatoms. The zero-order chi connectivity index (χ0) is 17.0. The van der Waals surface area contributed by atoms with Crippen molar-refractivity contribution < 1.29 is 4.79 Å². The topological polar surface area (TPSA) is 32.3 Å². The highest BCUT2D eigenvalue weighted by Crippen LogP contribution is 2.25. The first kappa shape index (κ1) is 17.8. The second-order valence-electron chi connectivity index (χ2n) is 5.82. The van der Waals surface area contributed by atoms with Gasteiger partial charge in [0.25, 0.3) is 0 Å². The van der Waals surface area contributed by atoms with Crippen LogP contribution in [0.4, 0.5) is 5.69 Å². The molecule has 0 fully saturated rings. The number of aryl methyl sites for hydroxylation is 1. The molecule has 23 heavy (non-hydrogen) atoms. The highest BCUT2D eigenvalue weighted by molar-refractivity contribution is 6.36. The van der Waals surface area contributed by atoms with E-state index in [-0.39, 0.29) is 12.3 Å². The van der Waals surface area contributed by atoms with E-state index in [0.717, 1.165) is 23.4 Å². The average Bonchev–Trinajstić information content (AvgIpc) is 2.45. The summed E-state index contributed by atoms with van der Waals surface area (Å²) in [4.78, 5) is 14.4. The fourth-order valence-corrected chi connectivity index (χ4v) is 2.90. The molecule has 0 aromatic heterocycles. The van der Waals surface area contributed by atoms with Gasteiger partial charge in [-0.15, -0.1) is 0 Å². The van der Waals surface area contributed by atoms with Gasteiger partial charge in [0.15, 0.2) is 0 Å². The van der Waals surface area contributed by atoms with Gasteiger partial charge in [0.2, 0.25) is 5.91 Å². The third-order valence-corrected chi connectivity index (χ3v) is 4.13. The van der Waals surface area contributed by atoms with Crippen molar-refractivity contribution in [2.45, 2.75) is 19.9 Å². The van der Waals surface area contributed by atoms with Crippen LogP contribution in [-0.4, -0.2) is 24.9 Å². The molecule has 0 spiro atoms. The van der Waals surface area contributed by atoms with Crippen molar-refractivity contribution in [3.05, 3.63) is 63.1 Å². The lowest BCUT2D eigenvalue weighted by molar-refractivity contribution is -0.115. The summed E-state index contributed by atoms with van der Waals surface area (Å²) < 4.78 is 0. The molecule has 2 aromatic carbocycles. The molecule has 1 amide bonds. The summed E-state index contributed by atoms with van der Waals surface area (Å²) in [7, 11) is 3.99. The maximum Gasteiger partial charge on any atom is 0.228 e. The minimum atomic E-state index is -0.135. The number of hydrogen-bond donors (Lipinski definition) is 1. The number of anilines is 1. The molecule has 0 saturated carbocycles. The standard InChI is InChI=1S/C18H20Cl2N2O/c1-12-7-8-17(13(9-12)11-22(2)3)21-18(23)10-14-15(19)5-4-6-16(14)20/h4-9H,10-11H2,1-3H3,(H,21,23). The largest absolute Gasteiger partial charge is 0.325 e. The Labute approximate surface area is 147 Å². The molecule has 0 saturated heterocycles. The minimum absolute atomic E-state index is 0.135. The van der Waals surface area contributed by atoms with Crippen LogP contribution in [0.2, 0.25) is 10.0 Å². The van der Waals surface area contributed by atoms with Gasteiger partial charge in [0.1, 0.15) is 0 Å². The number of hydrogen-bond acceptors (Lipinski definition) is 2. The zero-order valence-corrected chi connectivity index (χ0v) is 15.0. The van der Waals surface area contributed by atoms with E-state index in [9.17, 15) is 4.79 Å². The molecule has 0 aliphatic carbocycles. The number of amides is 1. The number of rotatable bonds is 5. The predicted octanol–water partition coefficient (Wildman–Crippen LogP) is 4.54. The van der Waals surface area contributed by atoms with E-state index in [1.807, 2.05) is 33.2 Å². The van der Waals surface area contributed by atoms with E-state index in [1.165, 1.54) is 0 Å². The summed E-state index contributed by atoms with van der Waals surface area (Å²) in [5.74, 6) is -0.135. The summed E-state index contributed by atoms with van der Waals surface area (Å²) in [6, 6.07) is 11.2. The fourth-order valence-electron chi connectivity index (χ4n) is 2.37. The summed E-state index contributed by atoms with van der Waals surface area (Å²) in [6.07, 6.45) is 0.147. The lowest BCUT2D eigenvalue weighted by atomic mass is 10.1. The quantitative estimate of drug-likeness (QED) is 0.857. The number of halogens is 2. The third-order valence-electron chi connectivity index (χ3n) is 3.42. The number of nitrogens with one attached hydrogen (secondary N) is 1. The van der Waals surface area contributed by atoms with E-state index >= 15 is 0 Å². The van der Waals surface area contributed by atoms with Gasteiger partial charge in [-0.1, -0.05) is 47.0 Å². The Morgan fingerprint density at radius 2 is 1.78 bits per heavy atom. The van der Waals surface area contributed by atoms with E-state index in [1.54, 1.807) is 18.2 Å². The second-order valence-corrected chi connectivity index (χ2v) is 6.64. The van der Waals surface area contributed by atoms with Crippen LogP contribution in [0.15, 0.2) is 36.4 Å². The van der Waals surface area contributed by atoms with Gasteiger partial charge >= 0.3 is 0 Å². The van der Waals surface area contributed by atoms with Crippen LogP contribution in [0.5, 0.6) is 0 Å². The molecule has 0 aliphatic heterocycles. The van der Waals surface area contributed by atoms with Gasteiger partial charge in [-0.05, 0) is 50.3 Å². The predicted molar refractivity (Wildman–Crippen MR) is 97.4 cm³/mol. The van der Waals surface area contributed by atoms with Crippen molar-refractivity contribution in [3.63, 3.8) is 0 Å². The van der Waals surface area contributed by atoms with Crippen LogP contribution in [0, 0.1) is 6.92 Å². The van der Waals surface area contributed by atoms with Crippen LogP contribution in [0.25, 0.3) is 0 Å². The second kappa shape index (κ2) is 7.82. The van der Waals surface area contributed by atoms with Crippen molar-refractivity contribution in [2.24, 2.45) is 0 Å². The number of benzene rings is 2. The molecule has 2 rings (SSSR count). The lowest BCUT2D eigenvalue weighted by Gasteiger charge is -2.16. The van der Waals surface area contributed by atoms with Crippen LogP contribution in [0.1, 0.15) is 16.7 Å². The first-order chi connectivity index (χ1) is 10.9. The van der Waals surface area contributed by atoms with E-state index in [2.05, 4.69) is 16.3 Å². The smallest absolute Gasteiger partial charge is 0.228 e. The molecule has 3 nitrogen and oxygen atoms in total. The number of nitrogens with zero attached hydrogens (tertiary/aromatic N) is 1. The molecule has 122 valence electrons. The number of carbonyl (C=O) groups excluding carboxylic acids is 1. The lowest BCUT2D eigenvalue weighted by Crippen LogP contribution is -2.18. The van der Waals surface area contributed by atoms with Crippen molar-refractivity contribution in [3.8, 4) is 0 Å². The van der Waals surface area contributed by atoms with Crippen LogP contribution in [-0.2, 0) is 17.8 Å². The SMILES string of the molecule is Cc1ccc(NC(=O)Cc2c(Cl)cccc2Cl)c(CN(C)C)c1. The van der Waals surface area contributed by atoms with Gasteiger partial charge in [0, 0.05) is 22.3 Å². The Balaban J connectivity index is 2.17. The first-order valence-electron chi connectivity index (χ1n) is 7.34. The van der Waals surface area contributed by atoms with Gasteiger partial charge in [-0.3, -0.25) is 4.79 Å². The van der Waals surface area contributed by atoms with Crippen LogP contribution >= 0.6 is 23.2 Å². The van der Waals surface area contributed by atoms with E-state index in [4.69, 9.17) is 23.2 Å². The Morgan fingerprint density at radius 1 is 1.13 bits per heavy atom. The highest BCUT2D eigenvalue weighted by atomic mass is 35.5. The average molecular weight is 351 g/mol. The molecule has 1 N–H and O–H groups in total. The molecule has 0 aliphatic rings. The minimum Gasteiger partial charge on any atom is -0.325 e. The molecular weight excluding hydrogens is 331 g/mol. The summed E-state index contributed by atoms with van der Waals surface area (Å²) in [6.45, 7) is 2.79. The Bertz CT molecular complexity index is 694. The van der Waals surface area contributed by atoms with Crippen molar-refractivity contribution in [2.75, 3.05) is 19.4 Å². The van der Waals surface area contributed by atoms with Gasteiger partial charge < -0.3 is 10.2 Å². The Morgan fingerprint density at radius 3 is 2.39 bits per heavy atom. The normalized spacial score (nSPS) is 10.9. The molecule has 0 heterocycles. The summed E-state index contributed by atoms with van der Waals surface area (Å²) in [5.41, 5.74) is 3.70. The maximum atomic E-state index is 12.4. The summed E-state index contributed by atoms with van der Waals surface area (Å²) in [5, 5.41) is 3.97. The van der Waals surface area contributed by atoms with Crippen LogP contribution < -0.4 is 5.32 Å². The first-order valence-corrected chi connectivity index (χ1v) is 8.09. The van der Waals surface area contributed by atoms with Crippen molar-refractivity contribution in [1.29, 1.82) is 0 Å². The Hall–Kier alpha value is -1.55. The van der Waals surface area contributed by atoms with E-state index < -0.39 is 0 Å². The molecule has 2 aromatic rings. The number of carbonyl (C=O) groups is 1. The monoisotopic (exact) mass is 350 g/mol. The van der Waals surface area contributed by atoms with E-state index in [0.29, 0.717) is 15.6 Å². The van der Waals surface area contributed by atoms with Crippen molar-refractivity contribution >= 4 is 34.8 Å². The molecule has 0 radical (unpaired) electrons.